The monoisotopic (exact) mass is 306 g/mol. The Morgan fingerprint density at radius 1 is 0.870 bits per heavy atom. The molecule has 3 aromatic rings. The van der Waals surface area contributed by atoms with Crippen molar-refractivity contribution in [2.24, 2.45) is 0 Å². The van der Waals surface area contributed by atoms with Gasteiger partial charge in [-0.3, -0.25) is 0 Å². The Balaban J connectivity index is 1.94. The lowest BCUT2D eigenvalue weighted by atomic mass is 10.1. The van der Waals surface area contributed by atoms with Gasteiger partial charge in [-0.25, -0.2) is 4.98 Å². The number of benzene rings is 2. The summed E-state index contributed by atoms with van der Waals surface area (Å²) in [6, 6.07) is 17.0. The first-order valence-corrected chi connectivity index (χ1v) is 8.82. The van der Waals surface area contributed by atoms with Crippen LogP contribution in [0.2, 0.25) is 0 Å². The van der Waals surface area contributed by atoms with E-state index in [0.717, 1.165) is 17.9 Å². The normalized spacial score (nSPS) is 11.2. The molecule has 3 rings (SSSR count). The second kappa shape index (κ2) is 7.45. The van der Waals surface area contributed by atoms with Gasteiger partial charge in [0, 0.05) is 12.1 Å². The fourth-order valence-corrected chi connectivity index (χ4v) is 3.20. The molecule has 0 aliphatic rings. The number of rotatable bonds is 7. The van der Waals surface area contributed by atoms with Gasteiger partial charge >= 0.3 is 0 Å². The highest BCUT2D eigenvalue weighted by molar-refractivity contribution is 5.81. The lowest BCUT2D eigenvalue weighted by Gasteiger charge is -2.11. The maximum atomic E-state index is 4.92. The molecule has 0 radical (unpaired) electrons. The second-order valence-electron chi connectivity index (χ2n) is 6.30. The third-order valence-electron chi connectivity index (χ3n) is 4.53. The summed E-state index contributed by atoms with van der Waals surface area (Å²) >= 11 is 0. The van der Waals surface area contributed by atoms with Crippen LogP contribution in [0.5, 0.6) is 0 Å². The molecule has 1 heterocycles. The van der Waals surface area contributed by atoms with Crippen molar-refractivity contribution in [1.82, 2.24) is 9.55 Å². The van der Waals surface area contributed by atoms with E-state index in [1.165, 1.54) is 48.7 Å². The Hall–Kier alpha value is -2.09. The van der Waals surface area contributed by atoms with Gasteiger partial charge in [-0.15, -0.1) is 0 Å². The van der Waals surface area contributed by atoms with Crippen LogP contribution in [-0.4, -0.2) is 9.55 Å². The predicted octanol–water partition coefficient (Wildman–Crippen LogP) is 5.98. The molecule has 0 unspecified atom stereocenters. The van der Waals surface area contributed by atoms with Gasteiger partial charge in [0.1, 0.15) is 5.82 Å². The Kier molecular flexibility index (Phi) is 5.12. The molecule has 0 aliphatic heterocycles. The maximum Gasteiger partial charge on any atom is 0.141 e. The zero-order valence-corrected chi connectivity index (χ0v) is 14.3. The zero-order valence-electron chi connectivity index (χ0n) is 14.3. The van der Waals surface area contributed by atoms with Gasteiger partial charge in [0.05, 0.1) is 11.0 Å². The molecule has 0 amide bonds. The fraction of sp³-hybridized carbons (Fsp3) is 0.381. The molecule has 0 N–H and O–H groups in total. The van der Waals surface area contributed by atoms with E-state index in [-0.39, 0.29) is 0 Å². The van der Waals surface area contributed by atoms with Crippen LogP contribution in [0.25, 0.3) is 22.4 Å². The highest BCUT2D eigenvalue weighted by Crippen LogP contribution is 2.27. The van der Waals surface area contributed by atoms with E-state index in [9.17, 15) is 0 Å². The number of hydrogen-bond acceptors (Lipinski definition) is 1. The standard InChI is InChI=1S/C21H26N2/c1-3-4-5-6-11-16-23-20-15-10-9-14-19(20)22-21(23)18-13-8-7-12-17(18)2/h7-10,12-15H,3-6,11,16H2,1-2H3. The van der Waals surface area contributed by atoms with Gasteiger partial charge < -0.3 is 4.57 Å². The first-order chi connectivity index (χ1) is 11.3. The fourth-order valence-electron chi connectivity index (χ4n) is 3.20. The van der Waals surface area contributed by atoms with Crippen LogP contribution < -0.4 is 0 Å². The van der Waals surface area contributed by atoms with Crippen molar-refractivity contribution >= 4 is 11.0 Å². The van der Waals surface area contributed by atoms with Crippen LogP contribution >= 0.6 is 0 Å². The van der Waals surface area contributed by atoms with E-state index >= 15 is 0 Å². The lowest BCUT2D eigenvalue weighted by molar-refractivity contribution is 0.578. The summed E-state index contributed by atoms with van der Waals surface area (Å²) in [4.78, 5) is 4.92. The Labute approximate surface area is 139 Å². The van der Waals surface area contributed by atoms with E-state index in [0.29, 0.717) is 0 Å². The number of imidazole rings is 1. The summed E-state index contributed by atoms with van der Waals surface area (Å²) in [5.41, 5.74) is 4.88. The van der Waals surface area contributed by atoms with E-state index < -0.39 is 0 Å². The van der Waals surface area contributed by atoms with E-state index in [4.69, 9.17) is 4.98 Å². The summed E-state index contributed by atoms with van der Waals surface area (Å²) in [6.07, 6.45) is 6.49. The number of aromatic nitrogens is 2. The van der Waals surface area contributed by atoms with Crippen LogP contribution in [0.1, 0.15) is 44.6 Å². The third kappa shape index (κ3) is 3.47. The zero-order chi connectivity index (χ0) is 16.1. The SMILES string of the molecule is CCCCCCCn1c(-c2ccccc2C)nc2ccccc21. The van der Waals surface area contributed by atoms with Crippen LogP contribution in [0.3, 0.4) is 0 Å². The number of fused-ring (bicyclic) bond motifs is 1. The molecule has 2 nitrogen and oxygen atoms in total. The van der Waals surface area contributed by atoms with Crippen molar-refractivity contribution in [2.75, 3.05) is 0 Å². The molecule has 1 aromatic heterocycles. The molecule has 0 atom stereocenters. The molecule has 0 saturated carbocycles. The highest BCUT2D eigenvalue weighted by Gasteiger charge is 2.13. The largest absolute Gasteiger partial charge is 0.324 e. The Morgan fingerprint density at radius 3 is 2.43 bits per heavy atom. The quantitative estimate of drug-likeness (QED) is 0.491. The smallest absolute Gasteiger partial charge is 0.141 e. The van der Waals surface area contributed by atoms with Crippen molar-refractivity contribution in [2.45, 2.75) is 52.5 Å². The van der Waals surface area contributed by atoms with E-state index in [1.54, 1.807) is 0 Å². The third-order valence-corrected chi connectivity index (χ3v) is 4.53. The number of unbranched alkanes of at least 4 members (excludes halogenated alkanes) is 4. The minimum atomic E-state index is 1.05. The molecule has 23 heavy (non-hydrogen) atoms. The lowest BCUT2D eigenvalue weighted by Crippen LogP contribution is -2.02. The first kappa shape index (κ1) is 15.8. The van der Waals surface area contributed by atoms with Gasteiger partial charge in [0.25, 0.3) is 0 Å². The van der Waals surface area contributed by atoms with Gasteiger partial charge in [-0.05, 0) is 31.0 Å². The van der Waals surface area contributed by atoms with Crippen molar-refractivity contribution in [3.05, 3.63) is 54.1 Å². The van der Waals surface area contributed by atoms with Crippen molar-refractivity contribution < 1.29 is 0 Å². The van der Waals surface area contributed by atoms with Gasteiger partial charge in [0.15, 0.2) is 0 Å². The summed E-state index contributed by atoms with van der Waals surface area (Å²) in [5.74, 6) is 1.11. The van der Waals surface area contributed by atoms with Gasteiger partial charge in [-0.2, -0.15) is 0 Å². The van der Waals surface area contributed by atoms with Crippen LogP contribution in [0, 0.1) is 6.92 Å². The Bertz CT molecular complexity index is 770. The van der Waals surface area contributed by atoms with Crippen LogP contribution in [0.4, 0.5) is 0 Å². The minimum absolute atomic E-state index is 1.05. The molecule has 2 heteroatoms. The molecule has 0 spiro atoms. The molecule has 120 valence electrons. The van der Waals surface area contributed by atoms with Crippen LogP contribution in [-0.2, 0) is 6.54 Å². The summed E-state index contributed by atoms with van der Waals surface area (Å²) < 4.78 is 2.41. The van der Waals surface area contributed by atoms with Gasteiger partial charge in [-0.1, -0.05) is 69.0 Å². The summed E-state index contributed by atoms with van der Waals surface area (Å²) in [5, 5.41) is 0. The predicted molar refractivity (Wildman–Crippen MR) is 98.7 cm³/mol. The van der Waals surface area contributed by atoms with Gasteiger partial charge in [0.2, 0.25) is 0 Å². The molecule has 0 fully saturated rings. The van der Waals surface area contributed by atoms with Crippen LogP contribution in [0.15, 0.2) is 48.5 Å². The average Bonchev–Trinajstić information content (AvgIpc) is 2.94. The number of para-hydroxylation sites is 2. The number of hydrogen-bond donors (Lipinski definition) is 0. The molecule has 0 saturated heterocycles. The average molecular weight is 306 g/mol. The molecular weight excluding hydrogens is 280 g/mol. The van der Waals surface area contributed by atoms with E-state index in [1.807, 2.05) is 0 Å². The van der Waals surface area contributed by atoms with Crippen molar-refractivity contribution in [3.63, 3.8) is 0 Å². The molecule has 2 aromatic carbocycles. The number of nitrogens with zero attached hydrogens (tertiary/aromatic N) is 2. The van der Waals surface area contributed by atoms with Crippen molar-refractivity contribution in [1.29, 1.82) is 0 Å². The molecular formula is C21H26N2. The van der Waals surface area contributed by atoms with Crippen molar-refractivity contribution in [3.8, 4) is 11.4 Å². The topological polar surface area (TPSA) is 17.8 Å². The summed E-state index contributed by atoms with van der Waals surface area (Å²) in [6.45, 7) is 5.48. The van der Waals surface area contributed by atoms with E-state index in [2.05, 4.69) is 66.9 Å². The highest BCUT2D eigenvalue weighted by atomic mass is 15.1. The maximum absolute atomic E-state index is 4.92. The molecule has 0 aliphatic carbocycles. The summed E-state index contributed by atoms with van der Waals surface area (Å²) in [7, 11) is 0. The minimum Gasteiger partial charge on any atom is -0.324 e. The first-order valence-electron chi connectivity index (χ1n) is 8.82. The number of aryl methyl sites for hydroxylation is 2. The second-order valence-corrected chi connectivity index (χ2v) is 6.30. The molecule has 0 bridgehead atoms. The Morgan fingerprint density at radius 2 is 1.61 bits per heavy atom.